The number of hydrogen-bond donors (Lipinski definition) is 2. The Morgan fingerprint density at radius 2 is 1.40 bits per heavy atom. The van der Waals surface area contributed by atoms with Crippen molar-refractivity contribution in [2.75, 3.05) is 0 Å². The minimum absolute atomic E-state index is 0.0113. The van der Waals surface area contributed by atoms with Gasteiger partial charge in [0.2, 0.25) is 0 Å². The first kappa shape index (κ1) is 14.6. The molecule has 3 heteroatoms. The third kappa shape index (κ3) is 3.38. The first-order valence-electron chi connectivity index (χ1n) is 6.76. The van der Waals surface area contributed by atoms with E-state index in [1.54, 1.807) is 24.3 Å². The summed E-state index contributed by atoms with van der Waals surface area (Å²) in [5.74, 6) is 0.602. The zero-order valence-electron chi connectivity index (χ0n) is 11.7. The first-order chi connectivity index (χ1) is 9.59. The molecule has 0 amide bonds. The van der Waals surface area contributed by atoms with Crippen molar-refractivity contribution in [1.29, 1.82) is 0 Å². The highest BCUT2D eigenvalue weighted by atomic mass is 16.5. The van der Waals surface area contributed by atoms with Gasteiger partial charge in [0.1, 0.15) is 18.0 Å². The van der Waals surface area contributed by atoms with Crippen molar-refractivity contribution in [2.24, 2.45) is 0 Å². The highest BCUT2D eigenvalue weighted by Crippen LogP contribution is 2.34. The zero-order valence-corrected chi connectivity index (χ0v) is 11.7. The van der Waals surface area contributed by atoms with E-state index in [2.05, 4.69) is 0 Å². The molecule has 2 rings (SSSR count). The molecule has 0 aliphatic carbocycles. The van der Waals surface area contributed by atoms with Gasteiger partial charge in [-0.3, -0.25) is 0 Å². The molecule has 2 unspecified atom stereocenters. The largest absolute Gasteiger partial charge is 0.491 e. The number of rotatable bonds is 5. The van der Waals surface area contributed by atoms with Gasteiger partial charge in [-0.2, -0.15) is 0 Å². The summed E-state index contributed by atoms with van der Waals surface area (Å²) in [5, 5.41) is 20.7. The van der Waals surface area contributed by atoms with Crippen molar-refractivity contribution in [3.05, 3.63) is 65.7 Å². The van der Waals surface area contributed by atoms with E-state index in [0.717, 1.165) is 0 Å². The van der Waals surface area contributed by atoms with Gasteiger partial charge in [0.05, 0.1) is 6.10 Å². The second kappa shape index (κ2) is 6.55. The fraction of sp³-hybridized carbons (Fsp3) is 0.294. The maximum absolute atomic E-state index is 10.4. The topological polar surface area (TPSA) is 49.7 Å². The Hall–Kier alpha value is -1.84. The lowest BCUT2D eigenvalue weighted by molar-refractivity contribution is 0.0150. The van der Waals surface area contributed by atoms with Gasteiger partial charge in [-0.25, -0.2) is 0 Å². The molecule has 0 radical (unpaired) electrons. The summed E-state index contributed by atoms with van der Waals surface area (Å²) in [7, 11) is 0. The highest BCUT2D eigenvalue weighted by Gasteiger charge is 2.23. The zero-order chi connectivity index (χ0) is 14.5. The lowest BCUT2D eigenvalue weighted by atomic mass is 9.98. The van der Waals surface area contributed by atoms with Gasteiger partial charge in [-0.05, 0) is 25.5 Å². The molecule has 0 heterocycles. The van der Waals surface area contributed by atoms with Crippen molar-refractivity contribution >= 4 is 0 Å². The molecule has 0 aliphatic heterocycles. The smallest absolute Gasteiger partial charge is 0.125 e. The lowest BCUT2D eigenvalue weighted by Gasteiger charge is -2.22. The molecule has 2 aromatic carbocycles. The van der Waals surface area contributed by atoms with Crippen LogP contribution in [0, 0.1) is 0 Å². The summed E-state index contributed by atoms with van der Waals surface area (Å²) in [4.78, 5) is 0. The van der Waals surface area contributed by atoms with Gasteiger partial charge in [-0.15, -0.1) is 0 Å². The summed E-state index contributed by atoms with van der Waals surface area (Å²) >= 11 is 0. The minimum Gasteiger partial charge on any atom is -0.491 e. The summed E-state index contributed by atoms with van der Waals surface area (Å²) in [6, 6.07) is 16.4. The molecular weight excluding hydrogens is 252 g/mol. The molecule has 2 aromatic rings. The molecule has 0 saturated heterocycles. The van der Waals surface area contributed by atoms with Crippen molar-refractivity contribution in [2.45, 2.75) is 32.2 Å². The van der Waals surface area contributed by atoms with E-state index in [1.807, 2.05) is 44.2 Å². The van der Waals surface area contributed by atoms with Gasteiger partial charge in [0.25, 0.3) is 0 Å². The van der Waals surface area contributed by atoms with Crippen LogP contribution in [0.2, 0.25) is 0 Å². The van der Waals surface area contributed by atoms with Crippen LogP contribution in [0.5, 0.6) is 5.75 Å². The Kier molecular flexibility index (Phi) is 4.77. The van der Waals surface area contributed by atoms with E-state index >= 15 is 0 Å². The second-order valence-corrected chi connectivity index (χ2v) is 5.00. The van der Waals surface area contributed by atoms with Crippen LogP contribution in [0.3, 0.4) is 0 Å². The Morgan fingerprint density at radius 3 is 2.05 bits per heavy atom. The molecule has 106 valence electrons. The van der Waals surface area contributed by atoms with Crippen LogP contribution >= 0.6 is 0 Å². The summed E-state index contributed by atoms with van der Waals surface area (Å²) in [6.45, 7) is 3.85. The molecule has 0 fully saturated rings. The van der Waals surface area contributed by atoms with Crippen LogP contribution in [0.1, 0.15) is 37.2 Å². The molecule has 0 aliphatic rings. The average molecular weight is 272 g/mol. The number of aliphatic hydroxyl groups is 2. The predicted octanol–water partition coefficient (Wildman–Crippen LogP) is 3.24. The summed E-state index contributed by atoms with van der Waals surface area (Å²) in [6.07, 6.45) is -1.99. The monoisotopic (exact) mass is 272 g/mol. The van der Waals surface area contributed by atoms with E-state index in [-0.39, 0.29) is 6.10 Å². The van der Waals surface area contributed by atoms with Crippen LogP contribution < -0.4 is 4.74 Å². The number of ether oxygens (including phenoxy) is 1. The number of aliphatic hydroxyl groups excluding tert-OH is 2. The minimum atomic E-state index is -1.02. The van der Waals surface area contributed by atoms with Gasteiger partial charge in [-0.1, -0.05) is 48.5 Å². The average Bonchev–Trinajstić information content (AvgIpc) is 2.46. The Bertz CT molecular complexity index is 537. The summed E-state index contributed by atoms with van der Waals surface area (Å²) < 4.78 is 5.68. The quantitative estimate of drug-likeness (QED) is 0.878. The number of benzene rings is 2. The molecule has 2 atom stereocenters. The van der Waals surface area contributed by atoms with Gasteiger partial charge in [0.15, 0.2) is 0 Å². The van der Waals surface area contributed by atoms with Crippen molar-refractivity contribution < 1.29 is 14.9 Å². The second-order valence-electron chi connectivity index (χ2n) is 5.00. The Morgan fingerprint density at radius 1 is 0.800 bits per heavy atom. The molecule has 2 N–H and O–H groups in total. The van der Waals surface area contributed by atoms with Crippen molar-refractivity contribution in [3.63, 3.8) is 0 Å². The Labute approximate surface area is 119 Å². The lowest BCUT2D eigenvalue weighted by Crippen LogP contribution is -2.14. The maximum atomic E-state index is 10.4. The molecule has 3 nitrogen and oxygen atoms in total. The van der Waals surface area contributed by atoms with E-state index in [9.17, 15) is 10.2 Å². The van der Waals surface area contributed by atoms with E-state index in [1.165, 1.54) is 0 Å². The van der Waals surface area contributed by atoms with Crippen molar-refractivity contribution in [3.8, 4) is 5.75 Å². The molecule has 0 aromatic heterocycles. The molecule has 0 spiro atoms. The maximum Gasteiger partial charge on any atom is 0.125 e. The first-order valence-corrected chi connectivity index (χ1v) is 6.76. The van der Waals surface area contributed by atoms with Gasteiger partial charge < -0.3 is 14.9 Å². The molecular formula is C17H20O3. The number of hydrogen-bond acceptors (Lipinski definition) is 3. The molecule has 0 saturated carbocycles. The predicted molar refractivity (Wildman–Crippen MR) is 78.6 cm³/mol. The van der Waals surface area contributed by atoms with Crippen LogP contribution in [0.15, 0.2) is 54.6 Å². The molecule has 20 heavy (non-hydrogen) atoms. The summed E-state index contributed by atoms with van der Waals surface area (Å²) in [5.41, 5.74) is 1.27. The van der Waals surface area contributed by atoms with Crippen LogP contribution in [0.25, 0.3) is 0 Å². The van der Waals surface area contributed by atoms with Gasteiger partial charge in [0, 0.05) is 5.56 Å². The highest BCUT2D eigenvalue weighted by molar-refractivity contribution is 5.37. The fourth-order valence-electron chi connectivity index (χ4n) is 2.09. The van der Waals surface area contributed by atoms with E-state index in [0.29, 0.717) is 16.9 Å². The number of para-hydroxylation sites is 1. The van der Waals surface area contributed by atoms with Gasteiger partial charge >= 0.3 is 0 Å². The van der Waals surface area contributed by atoms with Crippen LogP contribution in [0.4, 0.5) is 0 Å². The van der Waals surface area contributed by atoms with Crippen molar-refractivity contribution in [1.82, 2.24) is 0 Å². The normalized spacial score (nSPS) is 14.1. The standard InChI is InChI=1S/C17H20O3/c1-12(2)20-15-11-7-6-10-14(15)17(19)16(18)13-8-4-3-5-9-13/h3-12,16-19H,1-2H3. The van der Waals surface area contributed by atoms with Crippen LogP contribution in [-0.4, -0.2) is 16.3 Å². The fourth-order valence-corrected chi connectivity index (χ4v) is 2.09. The third-order valence-corrected chi connectivity index (χ3v) is 3.04. The molecule has 0 bridgehead atoms. The Balaban J connectivity index is 2.27. The van der Waals surface area contributed by atoms with E-state index in [4.69, 9.17) is 4.74 Å². The van der Waals surface area contributed by atoms with E-state index < -0.39 is 12.2 Å². The SMILES string of the molecule is CC(C)Oc1ccccc1C(O)C(O)c1ccccc1. The third-order valence-electron chi connectivity index (χ3n) is 3.04. The van der Waals surface area contributed by atoms with Crippen LogP contribution in [-0.2, 0) is 0 Å².